The summed E-state index contributed by atoms with van der Waals surface area (Å²) in [5.41, 5.74) is 1.99. The van der Waals surface area contributed by atoms with Gasteiger partial charge in [-0.3, -0.25) is 4.79 Å². The van der Waals surface area contributed by atoms with Crippen molar-refractivity contribution in [3.63, 3.8) is 0 Å². The molecule has 1 atom stereocenters. The zero-order valence-corrected chi connectivity index (χ0v) is 16.9. The molecule has 2 heterocycles. The molecular weight excluding hydrogens is 390 g/mol. The third kappa shape index (κ3) is 5.17. The lowest BCUT2D eigenvalue weighted by Crippen LogP contribution is -2.17. The Morgan fingerprint density at radius 3 is 2.64 bits per heavy atom. The predicted molar refractivity (Wildman–Crippen MR) is 101 cm³/mol. The van der Waals surface area contributed by atoms with E-state index >= 15 is 0 Å². The van der Waals surface area contributed by atoms with E-state index in [2.05, 4.69) is 4.98 Å². The van der Waals surface area contributed by atoms with Gasteiger partial charge in [0.25, 0.3) is 5.76 Å². The molecule has 0 aliphatic heterocycles. The first-order chi connectivity index (χ1) is 13.3. The Hall–Kier alpha value is -2.26. The van der Waals surface area contributed by atoms with Gasteiger partial charge in [0, 0.05) is 30.3 Å². The van der Waals surface area contributed by atoms with E-state index in [0.29, 0.717) is 12.2 Å². The maximum atomic E-state index is 12.6. The second kappa shape index (κ2) is 9.79. The van der Waals surface area contributed by atoms with E-state index in [1.807, 2.05) is 25.3 Å². The number of ketones is 1. The number of halogens is 2. The van der Waals surface area contributed by atoms with Crippen LogP contribution in [0.4, 0.5) is 8.78 Å². The van der Waals surface area contributed by atoms with Crippen LogP contribution in [0.5, 0.6) is 0 Å². The van der Waals surface area contributed by atoms with Gasteiger partial charge >= 0.3 is 5.97 Å². The number of ether oxygens (including phenoxy) is 2. The van der Waals surface area contributed by atoms with Gasteiger partial charge < -0.3 is 14.0 Å². The Morgan fingerprint density at radius 2 is 2.00 bits per heavy atom. The van der Waals surface area contributed by atoms with Crippen LogP contribution in [0.2, 0.25) is 0 Å². The molecule has 0 N–H and O–H groups in total. The van der Waals surface area contributed by atoms with Crippen molar-refractivity contribution in [2.24, 2.45) is 0 Å². The molecule has 0 radical (unpaired) electrons. The smallest absolute Gasteiger partial charge is 0.341 e. The van der Waals surface area contributed by atoms with E-state index in [4.69, 9.17) is 9.47 Å². The summed E-state index contributed by atoms with van der Waals surface area (Å²) in [7, 11) is 1.61. The minimum absolute atomic E-state index is 0.0402. The molecule has 0 spiro atoms. The molecule has 2 aromatic rings. The van der Waals surface area contributed by atoms with Gasteiger partial charge in [0.1, 0.15) is 5.03 Å². The van der Waals surface area contributed by atoms with Gasteiger partial charge in [-0.15, -0.1) is 0 Å². The monoisotopic (exact) mass is 412 g/mol. The SMILES string of the molecule is COCC(C)n1c(C)cc(C(=O)COC(=O)c2cccnc2SC(F)F)c1C. The number of pyridine rings is 1. The number of alkyl halides is 2. The minimum Gasteiger partial charge on any atom is -0.454 e. The van der Waals surface area contributed by atoms with Crippen molar-refractivity contribution in [3.05, 3.63) is 46.9 Å². The number of nitrogens with zero attached hydrogens (tertiary/aromatic N) is 2. The van der Waals surface area contributed by atoms with Crippen molar-refractivity contribution in [2.75, 3.05) is 20.3 Å². The van der Waals surface area contributed by atoms with Gasteiger partial charge in [-0.05, 0) is 50.7 Å². The van der Waals surface area contributed by atoms with Crippen LogP contribution < -0.4 is 0 Å². The van der Waals surface area contributed by atoms with E-state index in [1.165, 1.54) is 18.3 Å². The van der Waals surface area contributed by atoms with Gasteiger partial charge in [0.05, 0.1) is 18.2 Å². The highest BCUT2D eigenvalue weighted by atomic mass is 32.2. The Kier molecular flexibility index (Phi) is 7.70. The lowest BCUT2D eigenvalue weighted by Gasteiger charge is -2.17. The Bertz CT molecular complexity index is 854. The van der Waals surface area contributed by atoms with Gasteiger partial charge in [0.15, 0.2) is 6.61 Å². The highest BCUT2D eigenvalue weighted by Crippen LogP contribution is 2.27. The van der Waals surface area contributed by atoms with Crippen LogP contribution in [-0.2, 0) is 9.47 Å². The third-order valence-electron chi connectivity index (χ3n) is 4.16. The molecular formula is C19H22F2N2O4S. The average Bonchev–Trinajstić information content (AvgIpc) is 2.94. The van der Waals surface area contributed by atoms with Crippen LogP contribution in [0.1, 0.15) is 45.1 Å². The summed E-state index contributed by atoms with van der Waals surface area (Å²) in [6.45, 7) is 5.67. The Balaban J connectivity index is 2.11. The molecule has 28 heavy (non-hydrogen) atoms. The summed E-state index contributed by atoms with van der Waals surface area (Å²) in [6.07, 6.45) is 1.31. The number of aromatic nitrogens is 2. The number of rotatable bonds is 9. The zero-order valence-electron chi connectivity index (χ0n) is 16.1. The van der Waals surface area contributed by atoms with E-state index in [-0.39, 0.29) is 34.2 Å². The van der Waals surface area contributed by atoms with Gasteiger partial charge in [0.2, 0.25) is 5.78 Å². The number of hydrogen-bond donors (Lipinski definition) is 0. The molecule has 0 saturated heterocycles. The van der Waals surface area contributed by atoms with E-state index in [0.717, 1.165) is 11.4 Å². The molecule has 0 amide bonds. The third-order valence-corrected chi connectivity index (χ3v) is 4.89. The summed E-state index contributed by atoms with van der Waals surface area (Å²) in [5.74, 6) is -3.96. The van der Waals surface area contributed by atoms with Crippen molar-refractivity contribution >= 4 is 23.5 Å². The molecule has 2 rings (SSSR count). The lowest BCUT2D eigenvalue weighted by molar-refractivity contribution is 0.0470. The van der Waals surface area contributed by atoms with E-state index in [1.54, 1.807) is 13.2 Å². The second-order valence-corrected chi connectivity index (χ2v) is 7.17. The molecule has 0 saturated carbocycles. The maximum absolute atomic E-state index is 12.6. The minimum atomic E-state index is -2.72. The summed E-state index contributed by atoms with van der Waals surface area (Å²) in [6, 6.07) is 4.56. The second-order valence-electron chi connectivity index (χ2n) is 6.19. The standard InChI is InChI=1S/C19H22F2N2O4S/c1-11-8-15(13(3)23(11)12(2)9-26-4)16(24)10-27-18(25)14-6-5-7-22-17(14)28-19(20)21/h5-8,12,19H,9-10H2,1-4H3. The molecule has 0 aromatic carbocycles. The normalized spacial score (nSPS) is 12.2. The Labute approximate surface area is 166 Å². The summed E-state index contributed by atoms with van der Waals surface area (Å²) >= 11 is 0.154. The largest absolute Gasteiger partial charge is 0.454 e. The van der Waals surface area contributed by atoms with E-state index < -0.39 is 18.3 Å². The number of Topliss-reactive ketones (excluding diaryl/α,β-unsaturated/α-hetero) is 1. The number of carbonyl (C=O) groups excluding carboxylic acids is 2. The highest BCUT2D eigenvalue weighted by Gasteiger charge is 2.22. The first-order valence-corrected chi connectivity index (χ1v) is 9.41. The van der Waals surface area contributed by atoms with Crippen molar-refractivity contribution in [1.82, 2.24) is 9.55 Å². The summed E-state index contributed by atoms with van der Waals surface area (Å²) in [4.78, 5) is 28.6. The van der Waals surface area contributed by atoms with Gasteiger partial charge in [-0.2, -0.15) is 8.78 Å². The lowest BCUT2D eigenvalue weighted by atomic mass is 10.1. The maximum Gasteiger partial charge on any atom is 0.341 e. The molecule has 1 unspecified atom stereocenters. The molecule has 9 heteroatoms. The van der Waals surface area contributed by atoms with Gasteiger partial charge in [-0.1, -0.05) is 0 Å². The first-order valence-electron chi connectivity index (χ1n) is 8.53. The molecule has 152 valence electrons. The van der Waals surface area contributed by atoms with Crippen molar-refractivity contribution in [1.29, 1.82) is 0 Å². The molecule has 0 aliphatic carbocycles. The zero-order chi connectivity index (χ0) is 20.8. The number of methoxy groups -OCH3 is 1. The van der Waals surface area contributed by atoms with E-state index in [9.17, 15) is 18.4 Å². The van der Waals surface area contributed by atoms with Crippen LogP contribution >= 0.6 is 11.8 Å². The summed E-state index contributed by atoms with van der Waals surface area (Å²) in [5, 5.41) is -0.137. The number of thioether (sulfide) groups is 1. The molecule has 0 aliphatic rings. The fourth-order valence-electron chi connectivity index (χ4n) is 3.06. The van der Waals surface area contributed by atoms with Crippen LogP contribution in [-0.4, -0.2) is 47.4 Å². The summed E-state index contributed by atoms with van der Waals surface area (Å²) < 4.78 is 37.4. The molecule has 0 bridgehead atoms. The quantitative estimate of drug-likeness (QED) is 0.351. The van der Waals surface area contributed by atoms with Gasteiger partial charge in [-0.25, -0.2) is 9.78 Å². The van der Waals surface area contributed by atoms with Crippen LogP contribution in [0.25, 0.3) is 0 Å². The Morgan fingerprint density at radius 1 is 1.29 bits per heavy atom. The van der Waals surface area contributed by atoms with Crippen molar-refractivity contribution in [3.8, 4) is 0 Å². The number of aryl methyl sites for hydroxylation is 1. The molecule has 0 fully saturated rings. The number of carbonyl (C=O) groups is 2. The van der Waals surface area contributed by atoms with Crippen molar-refractivity contribution < 1.29 is 27.8 Å². The van der Waals surface area contributed by atoms with Crippen LogP contribution in [0.3, 0.4) is 0 Å². The van der Waals surface area contributed by atoms with Crippen LogP contribution in [0.15, 0.2) is 29.4 Å². The van der Waals surface area contributed by atoms with Crippen LogP contribution in [0, 0.1) is 13.8 Å². The highest BCUT2D eigenvalue weighted by molar-refractivity contribution is 7.99. The number of esters is 1. The first kappa shape index (κ1) is 22.0. The average molecular weight is 412 g/mol. The molecule has 2 aromatic heterocycles. The predicted octanol–water partition coefficient (Wildman–Crippen LogP) is 4.06. The molecule has 6 nitrogen and oxygen atoms in total. The number of hydrogen-bond acceptors (Lipinski definition) is 6. The fourth-order valence-corrected chi connectivity index (χ4v) is 3.63. The van der Waals surface area contributed by atoms with Crippen molar-refractivity contribution in [2.45, 2.75) is 37.6 Å². The topological polar surface area (TPSA) is 70.4 Å². The fraction of sp³-hybridized carbons (Fsp3) is 0.421.